The van der Waals surface area contributed by atoms with Crippen LogP contribution in [0.2, 0.25) is 0 Å². The number of nitrogens with zero attached hydrogens (tertiary/aromatic N) is 1. The van der Waals surface area contributed by atoms with E-state index in [2.05, 4.69) is 5.32 Å². The molecular formula is C20H27N3O2S. The van der Waals surface area contributed by atoms with Gasteiger partial charge in [0.1, 0.15) is 6.04 Å². The van der Waals surface area contributed by atoms with Crippen molar-refractivity contribution in [3.05, 3.63) is 58.3 Å². The Kier molecular flexibility index (Phi) is 6.94. The lowest BCUT2D eigenvalue weighted by molar-refractivity contribution is -0.133. The van der Waals surface area contributed by atoms with E-state index in [1.165, 1.54) is 11.3 Å². The summed E-state index contributed by atoms with van der Waals surface area (Å²) in [5.74, 6) is -0.332. The first-order chi connectivity index (χ1) is 12.3. The number of hydrogen-bond acceptors (Lipinski definition) is 4. The summed E-state index contributed by atoms with van der Waals surface area (Å²) < 4.78 is 0. The second-order valence-electron chi connectivity index (χ2n) is 7.26. The van der Waals surface area contributed by atoms with Gasteiger partial charge in [-0.25, -0.2) is 0 Å². The fourth-order valence-corrected chi connectivity index (χ4v) is 3.36. The molecule has 26 heavy (non-hydrogen) atoms. The number of benzene rings is 1. The van der Waals surface area contributed by atoms with E-state index in [0.29, 0.717) is 24.4 Å². The van der Waals surface area contributed by atoms with Gasteiger partial charge in [0.05, 0.1) is 4.88 Å². The second-order valence-corrected chi connectivity index (χ2v) is 8.20. The minimum absolute atomic E-state index is 0.111. The summed E-state index contributed by atoms with van der Waals surface area (Å²) in [6.07, 6.45) is 0.449. The summed E-state index contributed by atoms with van der Waals surface area (Å²) in [6.45, 7) is 5.05. The number of nitrogens with two attached hydrogens (primary N) is 1. The molecule has 5 nitrogen and oxygen atoms in total. The molecular weight excluding hydrogens is 346 g/mol. The number of rotatable bonds is 8. The third kappa shape index (κ3) is 5.68. The zero-order valence-electron chi connectivity index (χ0n) is 15.6. The first-order valence-corrected chi connectivity index (χ1v) is 9.54. The Bertz CT molecular complexity index is 714. The van der Waals surface area contributed by atoms with Crippen molar-refractivity contribution in [2.75, 3.05) is 20.1 Å². The van der Waals surface area contributed by atoms with Crippen LogP contribution in [0.25, 0.3) is 0 Å². The van der Waals surface area contributed by atoms with E-state index >= 15 is 0 Å². The van der Waals surface area contributed by atoms with Crippen LogP contribution in [0.15, 0.2) is 47.8 Å². The Morgan fingerprint density at radius 2 is 1.88 bits per heavy atom. The molecule has 3 N–H and O–H groups in total. The average molecular weight is 374 g/mol. The highest BCUT2D eigenvalue weighted by atomic mass is 32.1. The Morgan fingerprint density at radius 3 is 2.46 bits per heavy atom. The van der Waals surface area contributed by atoms with Gasteiger partial charge < -0.3 is 16.0 Å². The summed E-state index contributed by atoms with van der Waals surface area (Å²) >= 11 is 1.36. The molecule has 0 aliphatic rings. The molecule has 0 spiro atoms. The summed E-state index contributed by atoms with van der Waals surface area (Å²) in [5, 5.41) is 4.75. The topological polar surface area (TPSA) is 75.4 Å². The molecule has 2 amide bonds. The Labute approximate surface area is 159 Å². The van der Waals surface area contributed by atoms with Crippen LogP contribution in [0.3, 0.4) is 0 Å². The molecule has 0 saturated heterocycles. The molecule has 2 rings (SSSR count). The molecule has 1 unspecified atom stereocenters. The quantitative estimate of drug-likeness (QED) is 0.747. The van der Waals surface area contributed by atoms with E-state index in [1.807, 2.05) is 55.6 Å². The Morgan fingerprint density at radius 1 is 1.19 bits per heavy atom. The number of carbonyl (C=O) groups excluding carboxylic acids is 2. The van der Waals surface area contributed by atoms with Gasteiger partial charge in [0, 0.05) is 20.0 Å². The molecule has 0 saturated carbocycles. The van der Waals surface area contributed by atoms with Crippen LogP contribution in [0, 0.1) is 5.41 Å². The van der Waals surface area contributed by atoms with Crippen molar-refractivity contribution < 1.29 is 9.59 Å². The molecule has 1 heterocycles. The maximum absolute atomic E-state index is 13.0. The van der Waals surface area contributed by atoms with E-state index in [1.54, 1.807) is 18.0 Å². The van der Waals surface area contributed by atoms with Crippen molar-refractivity contribution in [3.8, 4) is 0 Å². The van der Waals surface area contributed by atoms with Crippen molar-refractivity contribution >= 4 is 23.2 Å². The average Bonchev–Trinajstić information content (AvgIpc) is 3.16. The second kappa shape index (κ2) is 8.96. The summed E-state index contributed by atoms with van der Waals surface area (Å²) in [4.78, 5) is 27.8. The van der Waals surface area contributed by atoms with Gasteiger partial charge in [0.2, 0.25) is 5.91 Å². The van der Waals surface area contributed by atoms with E-state index in [-0.39, 0.29) is 17.2 Å². The fraction of sp³-hybridized carbons (Fsp3) is 0.400. The van der Waals surface area contributed by atoms with Gasteiger partial charge in [-0.2, -0.15) is 0 Å². The highest BCUT2D eigenvalue weighted by Gasteiger charge is 2.28. The van der Waals surface area contributed by atoms with Gasteiger partial charge in [-0.15, -0.1) is 11.3 Å². The Balaban J connectivity index is 2.16. The minimum atomic E-state index is -0.620. The SMILES string of the molecule is CN(CC(C)(C)CN)C(=O)C(Cc1ccccc1)NC(=O)c1cccs1. The zero-order chi connectivity index (χ0) is 19.2. The maximum atomic E-state index is 13.0. The van der Waals surface area contributed by atoms with Crippen molar-refractivity contribution in [1.82, 2.24) is 10.2 Å². The third-order valence-corrected chi connectivity index (χ3v) is 5.09. The van der Waals surface area contributed by atoms with Crippen molar-refractivity contribution in [2.45, 2.75) is 26.3 Å². The van der Waals surface area contributed by atoms with Crippen LogP contribution < -0.4 is 11.1 Å². The molecule has 6 heteroatoms. The van der Waals surface area contributed by atoms with Crippen LogP contribution in [0.5, 0.6) is 0 Å². The lowest BCUT2D eigenvalue weighted by Gasteiger charge is -2.31. The number of amides is 2. The molecule has 0 aliphatic heterocycles. The third-order valence-electron chi connectivity index (χ3n) is 4.23. The van der Waals surface area contributed by atoms with Crippen LogP contribution in [0.1, 0.15) is 29.1 Å². The molecule has 1 aromatic heterocycles. The molecule has 0 bridgehead atoms. The van der Waals surface area contributed by atoms with Gasteiger partial charge in [0.15, 0.2) is 0 Å². The van der Waals surface area contributed by atoms with Crippen LogP contribution in [0.4, 0.5) is 0 Å². The van der Waals surface area contributed by atoms with Gasteiger partial charge in [-0.3, -0.25) is 9.59 Å². The maximum Gasteiger partial charge on any atom is 0.262 e. The van der Waals surface area contributed by atoms with E-state index in [0.717, 1.165) is 5.56 Å². The molecule has 1 aromatic carbocycles. The molecule has 2 aromatic rings. The summed E-state index contributed by atoms with van der Waals surface area (Å²) in [5.41, 5.74) is 6.62. The molecule has 140 valence electrons. The number of carbonyl (C=O) groups is 2. The number of thiophene rings is 1. The lowest BCUT2D eigenvalue weighted by atomic mass is 9.93. The zero-order valence-corrected chi connectivity index (χ0v) is 16.4. The molecule has 0 fully saturated rings. The molecule has 0 radical (unpaired) electrons. The van der Waals surface area contributed by atoms with E-state index in [4.69, 9.17) is 5.73 Å². The smallest absolute Gasteiger partial charge is 0.262 e. The predicted molar refractivity (Wildman–Crippen MR) is 106 cm³/mol. The van der Waals surface area contributed by atoms with Crippen molar-refractivity contribution in [3.63, 3.8) is 0 Å². The van der Waals surface area contributed by atoms with Gasteiger partial charge in [-0.05, 0) is 29.0 Å². The van der Waals surface area contributed by atoms with Gasteiger partial charge in [-0.1, -0.05) is 50.2 Å². The monoisotopic (exact) mass is 373 g/mol. The number of hydrogen-bond donors (Lipinski definition) is 2. The predicted octanol–water partition coefficient (Wildman–Crippen LogP) is 2.53. The van der Waals surface area contributed by atoms with Crippen LogP contribution in [-0.2, 0) is 11.2 Å². The van der Waals surface area contributed by atoms with E-state index in [9.17, 15) is 9.59 Å². The Hall–Kier alpha value is -2.18. The van der Waals surface area contributed by atoms with Crippen LogP contribution in [-0.4, -0.2) is 42.9 Å². The summed E-state index contributed by atoms with van der Waals surface area (Å²) in [7, 11) is 1.76. The van der Waals surface area contributed by atoms with E-state index < -0.39 is 6.04 Å². The highest BCUT2D eigenvalue weighted by molar-refractivity contribution is 7.12. The fourth-order valence-electron chi connectivity index (χ4n) is 2.74. The summed E-state index contributed by atoms with van der Waals surface area (Å²) in [6, 6.07) is 12.7. The van der Waals surface area contributed by atoms with Gasteiger partial charge >= 0.3 is 0 Å². The standard InChI is InChI=1S/C20H27N3O2S/c1-20(2,13-21)14-23(3)19(25)16(12-15-8-5-4-6-9-15)22-18(24)17-10-7-11-26-17/h4-11,16H,12-14,21H2,1-3H3,(H,22,24). The highest BCUT2D eigenvalue weighted by Crippen LogP contribution is 2.16. The normalized spacial score (nSPS) is 12.5. The van der Waals surface area contributed by atoms with Gasteiger partial charge in [0.25, 0.3) is 5.91 Å². The minimum Gasteiger partial charge on any atom is -0.343 e. The molecule has 1 atom stereocenters. The van der Waals surface area contributed by atoms with Crippen molar-refractivity contribution in [2.24, 2.45) is 11.1 Å². The lowest BCUT2D eigenvalue weighted by Crippen LogP contribution is -2.51. The molecule has 0 aliphatic carbocycles. The van der Waals surface area contributed by atoms with Crippen LogP contribution >= 0.6 is 11.3 Å². The largest absolute Gasteiger partial charge is 0.343 e. The number of likely N-dealkylation sites (N-methyl/N-ethyl adjacent to an activating group) is 1. The first kappa shape index (κ1) is 20.1. The number of nitrogens with one attached hydrogen (secondary N) is 1. The first-order valence-electron chi connectivity index (χ1n) is 8.66. The van der Waals surface area contributed by atoms with Crippen molar-refractivity contribution in [1.29, 1.82) is 0 Å².